The summed E-state index contributed by atoms with van der Waals surface area (Å²) in [5, 5.41) is 3.13. The average Bonchev–Trinajstić information content (AvgIpc) is 2.89. The molecule has 0 aliphatic heterocycles. The van der Waals surface area contributed by atoms with Crippen molar-refractivity contribution in [1.82, 2.24) is 5.32 Å². The van der Waals surface area contributed by atoms with Crippen LogP contribution in [0.4, 0.5) is 0 Å². The standard InChI is InChI=1S/C16H18N2O/c17-14-3-1-2-4-15(14)18-16(19)11-6-5-10-12-7-9(12)8-13(10)11/h5-6,8,14-15H,1-4,7,17H2,(H,18,19)/t14-,15-/m1/s1. The maximum Gasteiger partial charge on any atom is 0.252 e. The van der Waals surface area contributed by atoms with E-state index >= 15 is 0 Å². The van der Waals surface area contributed by atoms with Crippen LogP contribution in [0.3, 0.4) is 0 Å². The van der Waals surface area contributed by atoms with Crippen molar-refractivity contribution in [2.75, 3.05) is 0 Å². The molecule has 0 radical (unpaired) electrons. The Morgan fingerprint density at radius 1 is 1.21 bits per heavy atom. The highest BCUT2D eigenvalue weighted by Crippen LogP contribution is 2.51. The minimum absolute atomic E-state index is 0.0438. The van der Waals surface area contributed by atoms with E-state index in [0.717, 1.165) is 30.4 Å². The van der Waals surface area contributed by atoms with E-state index < -0.39 is 0 Å². The number of carbonyl (C=O) groups is 1. The number of hydrogen-bond donors (Lipinski definition) is 2. The van der Waals surface area contributed by atoms with Crippen LogP contribution in [0.5, 0.6) is 0 Å². The van der Waals surface area contributed by atoms with Gasteiger partial charge in [0.2, 0.25) is 0 Å². The van der Waals surface area contributed by atoms with E-state index in [-0.39, 0.29) is 18.0 Å². The lowest BCUT2D eigenvalue weighted by molar-refractivity contribution is -0.118. The van der Waals surface area contributed by atoms with Crippen LogP contribution >= 0.6 is 0 Å². The molecule has 2 saturated carbocycles. The molecule has 3 nitrogen and oxygen atoms in total. The Balaban J connectivity index is 1.53. The van der Waals surface area contributed by atoms with Crippen LogP contribution in [0.25, 0.3) is 0 Å². The lowest BCUT2D eigenvalue weighted by Gasteiger charge is -2.29. The Hall–Kier alpha value is -1.61. The molecule has 0 aromatic carbocycles. The van der Waals surface area contributed by atoms with Crippen molar-refractivity contribution in [3.8, 4) is 0 Å². The molecule has 3 heteroatoms. The fraction of sp³-hybridized carbons (Fsp3) is 0.438. The molecule has 3 N–H and O–H groups in total. The van der Waals surface area contributed by atoms with E-state index in [0.29, 0.717) is 0 Å². The van der Waals surface area contributed by atoms with Crippen LogP contribution < -0.4 is 11.1 Å². The molecule has 0 heterocycles. The van der Waals surface area contributed by atoms with Crippen LogP contribution in [-0.2, 0) is 4.79 Å². The van der Waals surface area contributed by atoms with Gasteiger partial charge in [0.15, 0.2) is 0 Å². The molecule has 4 aliphatic carbocycles. The van der Waals surface area contributed by atoms with Gasteiger partial charge in [-0.15, -0.1) is 0 Å². The monoisotopic (exact) mass is 254 g/mol. The smallest absolute Gasteiger partial charge is 0.252 e. The Labute approximate surface area is 112 Å². The molecule has 0 saturated heterocycles. The summed E-state index contributed by atoms with van der Waals surface area (Å²) in [6.07, 6.45) is 11.7. The van der Waals surface area contributed by atoms with Crippen LogP contribution in [0, 0.1) is 0 Å². The second-order valence-corrected chi connectivity index (χ2v) is 5.93. The van der Waals surface area contributed by atoms with Gasteiger partial charge in [-0.2, -0.15) is 0 Å². The molecule has 2 fully saturated rings. The summed E-state index contributed by atoms with van der Waals surface area (Å²) in [4.78, 5) is 12.4. The van der Waals surface area contributed by atoms with Crippen molar-refractivity contribution in [1.29, 1.82) is 0 Å². The van der Waals surface area contributed by atoms with Crippen molar-refractivity contribution in [3.63, 3.8) is 0 Å². The predicted octanol–water partition coefficient (Wildman–Crippen LogP) is 1.88. The van der Waals surface area contributed by atoms with E-state index in [2.05, 4.69) is 17.5 Å². The second kappa shape index (κ2) is 3.94. The summed E-state index contributed by atoms with van der Waals surface area (Å²) in [5.74, 6) is 0.0438. The topological polar surface area (TPSA) is 55.1 Å². The molecule has 0 aromatic heterocycles. The second-order valence-electron chi connectivity index (χ2n) is 5.93. The number of allylic oxidation sites excluding steroid dienone is 6. The van der Waals surface area contributed by atoms with Crippen LogP contribution in [0.15, 0.2) is 46.1 Å². The molecular formula is C16H18N2O. The molecule has 0 unspecified atom stereocenters. The van der Waals surface area contributed by atoms with Gasteiger partial charge in [0.1, 0.15) is 0 Å². The van der Waals surface area contributed by atoms with E-state index in [1.54, 1.807) is 0 Å². The van der Waals surface area contributed by atoms with Crippen molar-refractivity contribution in [2.45, 2.75) is 44.2 Å². The van der Waals surface area contributed by atoms with Crippen molar-refractivity contribution < 1.29 is 4.79 Å². The number of nitrogens with two attached hydrogens (primary N) is 1. The maximum absolute atomic E-state index is 12.4. The molecule has 2 atom stereocenters. The van der Waals surface area contributed by atoms with Gasteiger partial charge in [-0.25, -0.2) is 0 Å². The Kier molecular flexibility index (Phi) is 2.33. The van der Waals surface area contributed by atoms with Gasteiger partial charge in [-0.3, -0.25) is 4.79 Å². The van der Waals surface area contributed by atoms with E-state index in [9.17, 15) is 4.79 Å². The number of amides is 1. The van der Waals surface area contributed by atoms with Crippen LogP contribution in [0.1, 0.15) is 32.1 Å². The highest BCUT2D eigenvalue weighted by molar-refractivity contribution is 6.02. The summed E-state index contributed by atoms with van der Waals surface area (Å²) in [6, 6.07) is 0.255. The molecule has 4 rings (SSSR count). The first kappa shape index (κ1) is 11.2. The maximum atomic E-state index is 12.4. The molecule has 0 aromatic rings. The molecule has 98 valence electrons. The zero-order chi connectivity index (χ0) is 13.0. The lowest BCUT2D eigenvalue weighted by Crippen LogP contribution is -2.49. The first-order valence-electron chi connectivity index (χ1n) is 7.17. The van der Waals surface area contributed by atoms with E-state index in [4.69, 9.17) is 5.73 Å². The Bertz CT molecular complexity index is 592. The summed E-state index contributed by atoms with van der Waals surface area (Å²) in [5.41, 5.74) is 12.2. The van der Waals surface area contributed by atoms with Gasteiger partial charge in [0, 0.05) is 17.7 Å². The predicted molar refractivity (Wildman–Crippen MR) is 74.3 cm³/mol. The zero-order valence-corrected chi connectivity index (χ0v) is 10.9. The van der Waals surface area contributed by atoms with Gasteiger partial charge in [0.25, 0.3) is 5.91 Å². The summed E-state index contributed by atoms with van der Waals surface area (Å²) >= 11 is 0. The van der Waals surface area contributed by atoms with Crippen LogP contribution in [0.2, 0.25) is 0 Å². The third-order valence-corrected chi connectivity index (χ3v) is 4.65. The van der Waals surface area contributed by atoms with Crippen LogP contribution in [-0.4, -0.2) is 18.0 Å². The highest BCUT2D eigenvalue weighted by Gasteiger charge is 2.36. The zero-order valence-electron chi connectivity index (χ0n) is 10.9. The Morgan fingerprint density at radius 2 is 2.05 bits per heavy atom. The number of carbonyl (C=O) groups excluding carboxylic acids is 1. The SMILES string of the molecule is N[C@@H]1CCCC[C@H]1NC(=O)C1=C2C=C3CC3=C2C=C1. The minimum atomic E-state index is 0.0438. The molecule has 19 heavy (non-hydrogen) atoms. The quantitative estimate of drug-likeness (QED) is 0.790. The molecular weight excluding hydrogens is 236 g/mol. The molecule has 1 amide bonds. The number of rotatable bonds is 2. The fourth-order valence-corrected chi connectivity index (χ4v) is 3.42. The normalized spacial score (nSPS) is 31.3. The molecule has 4 aliphatic rings. The third kappa shape index (κ3) is 1.72. The number of hydrogen-bond acceptors (Lipinski definition) is 2. The molecule has 0 spiro atoms. The van der Waals surface area contributed by atoms with Gasteiger partial charge >= 0.3 is 0 Å². The van der Waals surface area contributed by atoms with Crippen molar-refractivity contribution in [3.05, 3.63) is 46.1 Å². The van der Waals surface area contributed by atoms with Gasteiger partial charge in [0.05, 0.1) is 0 Å². The minimum Gasteiger partial charge on any atom is -0.348 e. The number of fused-ring (bicyclic) bond motifs is 2. The Morgan fingerprint density at radius 3 is 2.89 bits per heavy atom. The van der Waals surface area contributed by atoms with Crippen molar-refractivity contribution >= 4 is 5.91 Å². The fourth-order valence-electron chi connectivity index (χ4n) is 3.42. The van der Waals surface area contributed by atoms with E-state index in [1.807, 2.05) is 6.08 Å². The summed E-state index contributed by atoms with van der Waals surface area (Å²) < 4.78 is 0. The van der Waals surface area contributed by atoms with Crippen molar-refractivity contribution in [2.24, 2.45) is 5.73 Å². The lowest BCUT2D eigenvalue weighted by atomic mass is 9.90. The van der Waals surface area contributed by atoms with Gasteiger partial charge in [-0.05, 0) is 53.7 Å². The summed E-state index contributed by atoms with van der Waals surface area (Å²) in [7, 11) is 0. The number of nitrogens with one attached hydrogen (secondary N) is 1. The molecule has 0 bridgehead atoms. The van der Waals surface area contributed by atoms with Gasteiger partial charge in [-0.1, -0.05) is 18.9 Å². The highest BCUT2D eigenvalue weighted by atomic mass is 16.1. The third-order valence-electron chi connectivity index (χ3n) is 4.65. The largest absolute Gasteiger partial charge is 0.348 e. The summed E-state index contributed by atoms with van der Waals surface area (Å²) in [6.45, 7) is 0. The van der Waals surface area contributed by atoms with E-state index in [1.165, 1.54) is 29.6 Å². The first-order valence-corrected chi connectivity index (χ1v) is 7.17. The first-order chi connectivity index (χ1) is 9.24. The van der Waals surface area contributed by atoms with Gasteiger partial charge < -0.3 is 11.1 Å². The average molecular weight is 254 g/mol.